The zero-order valence-corrected chi connectivity index (χ0v) is 22.8. The number of rotatable bonds is 4. The first-order chi connectivity index (χ1) is 18.0. The molecule has 2 amide bonds. The molecule has 0 aromatic carbocycles. The van der Waals surface area contributed by atoms with Crippen LogP contribution in [0.4, 0.5) is 8.78 Å². The van der Waals surface area contributed by atoms with Crippen molar-refractivity contribution in [3.8, 4) is 0 Å². The number of nitrogens with one attached hydrogen (secondary N) is 4. The molecule has 0 bridgehead atoms. The van der Waals surface area contributed by atoms with Crippen LogP contribution >= 0.6 is 0 Å². The third kappa shape index (κ3) is 5.56. The summed E-state index contributed by atoms with van der Waals surface area (Å²) < 4.78 is 29.1. The molecule has 7 unspecified atom stereocenters. The lowest BCUT2D eigenvalue weighted by molar-refractivity contribution is -0.142. The topological polar surface area (TPSA) is 121 Å². The van der Waals surface area contributed by atoms with Gasteiger partial charge in [-0.05, 0) is 46.8 Å². The first-order valence-corrected chi connectivity index (χ1v) is 14.1. The second-order valence-electron chi connectivity index (χ2n) is 12.4. The van der Waals surface area contributed by atoms with E-state index >= 15 is 4.39 Å². The van der Waals surface area contributed by atoms with Crippen LogP contribution in [0.3, 0.4) is 0 Å². The lowest BCUT2D eigenvalue weighted by Crippen LogP contribution is -2.67. The number of likely N-dealkylation sites (tertiary alicyclic amines) is 1. The van der Waals surface area contributed by atoms with Crippen molar-refractivity contribution in [1.29, 1.82) is 0 Å². The van der Waals surface area contributed by atoms with Gasteiger partial charge in [-0.3, -0.25) is 24.7 Å². The van der Waals surface area contributed by atoms with Crippen LogP contribution in [0.15, 0.2) is 0 Å². The predicted octanol–water partition coefficient (Wildman–Crippen LogP) is -1.97. The van der Waals surface area contributed by atoms with Crippen molar-refractivity contribution >= 4 is 11.8 Å². The average molecular weight is 542 g/mol. The zero-order chi connectivity index (χ0) is 27.2. The number of halogens is 2. The molecule has 5 rings (SSSR count). The van der Waals surface area contributed by atoms with Gasteiger partial charge in [0, 0.05) is 57.3 Å². The van der Waals surface area contributed by atoms with Gasteiger partial charge in [-0.25, -0.2) is 19.2 Å². The van der Waals surface area contributed by atoms with E-state index < -0.39 is 42.7 Å². The van der Waals surface area contributed by atoms with Crippen molar-refractivity contribution < 1.29 is 18.4 Å². The Kier molecular flexibility index (Phi) is 8.26. The van der Waals surface area contributed by atoms with E-state index in [0.717, 1.165) is 19.6 Å². The summed E-state index contributed by atoms with van der Waals surface area (Å²) in [5.74, 6) is -0.737. The molecule has 6 N–H and O–H groups in total. The molecule has 7 atom stereocenters. The van der Waals surface area contributed by atoms with Crippen LogP contribution in [0.5, 0.6) is 0 Å². The highest BCUT2D eigenvalue weighted by atomic mass is 19.1. The number of hydrazine groups is 1. The molecule has 216 valence electrons. The summed E-state index contributed by atoms with van der Waals surface area (Å²) in [7, 11) is 2.10. The Hall–Kier alpha value is -1.48. The van der Waals surface area contributed by atoms with Gasteiger partial charge < -0.3 is 21.3 Å². The molecule has 0 aliphatic carbocycles. The molecule has 5 fully saturated rings. The van der Waals surface area contributed by atoms with Crippen LogP contribution in [0.25, 0.3) is 0 Å². The second kappa shape index (κ2) is 11.2. The molecular formula is C25H45F2N9O2. The Balaban J connectivity index is 1.19. The number of piperazine rings is 1. The molecule has 0 aromatic rings. The monoisotopic (exact) mass is 541 g/mol. The maximum atomic E-state index is 15.3. The molecule has 13 heteroatoms. The Morgan fingerprint density at radius 1 is 1.05 bits per heavy atom. The summed E-state index contributed by atoms with van der Waals surface area (Å²) in [6.45, 7) is 8.89. The largest absolute Gasteiger partial charge is 0.350 e. The van der Waals surface area contributed by atoms with Gasteiger partial charge in [-0.2, -0.15) is 0 Å². The lowest BCUT2D eigenvalue weighted by atomic mass is 9.89. The van der Waals surface area contributed by atoms with Crippen LogP contribution in [-0.4, -0.2) is 140 Å². The highest BCUT2D eigenvalue weighted by Crippen LogP contribution is 2.28. The molecule has 0 spiro atoms. The second-order valence-corrected chi connectivity index (χ2v) is 12.4. The van der Waals surface area contributed by atoms with Crippen LogP contribution in [0, 0.1) is 11.8 Å². The summed E-state index contributed by atoms with van der Waals surface area (Å²) >= 11 is 0. The molecule has 5 heterocycles. The SMILES string of the molecule is CN1CCN(C(=O)C2CCN(C3C(F)CNCC3NC(=O)C3C(N)NN4CC(F)CNC34)CC2)CC1(C)C. The maximum absolute atomic E-state index is 15.3. The summed E-state index contributed by atoms with van der Waals surface area (Å²) in [6, 6.07) is -0.911. The molecule has 5 saturated heterocycles. The number of nitrogens with two attached hydrogens (primary N) is 1. The Morgan fingerprint density at radius 3 is 2.50 bits per heavy atom. The molecule has 5 aliphatic rings. The highest BCUT2D eigenvalue weighted by molar-refractivity contribution is 5.81. The van der Waals surface area contributed by atoms with Gasteiger partial charge in [-0.1, -0.05) is 0 Å². The normalized spacial score (nSPS) is 39.6. The van der Waals surface area contributed by atoms with Gasteiger partial charge in [0.2, 0.25) is 11.8 Å². The zero-order valence-electron chi connectivity index (χ0n) is 22.8. The molecule has 5 aliphatic heterocycles. The molecule has 0 saturated carbocycles. The van der Waals surface area contributed by atoms with Crippen LogP contribution in [0.2, 0.25) is 0 Å². The van der Waals surface area contributed by atoms with Gasteiger partial charge in [0.05, 0.1) is 30.3 Å². The molecule has 0 aromatic heterocycles. The molecule has 11 nitrogen and oxygen atoms in total. The minimum atomic E-state index is -1.15. The van der Waals surface area contributed by atoms with Gasteiger partial charge in [0.15, 0.2) is 0 Å². The third-order valence-electron chi connectivity index (χ3n) is 9.37. The van der Waals surface area contributed by atoms with Gasteiger partial charge in [0.25, 0.3) is 0 Å². The third-order valence-corrected chi connectivity index (χ3v) is 9.37. The molecule has 0 radical (unpaired) electrons. The van der Waals surface area contributed by atoms with E-state index in [-0.39, 0.29) is 42.9 Å². The van der Waals surface area contributed by atoms with E-state index in [1.54, 1.807) is 5.01 Å². The van der Waals surface area contributed by atoms with Crippen molar-refractivity contribution in [2.24, 2.45) is 17.6 Å². The van der Waals surface area contributed by atoms with E-state index in [4.69, 9.17) is 5.73 Å². The first-order valence-electron chi connectivity index (χ1n) is 14.1. The van der Waals surface area contributed by atoms with Gasteiger partial charge in [0.1, 0.15) is 12.3 Å². The fourth-order valence-electron chi connectivity index (χ4n) is 6.88. The standard InChI is InChI=1S/C25H45F2N9O2/c1-25(2)14-35(9-8-33(25)3)24(38)15-4-6-34(7-5-15)20-17(27)11-29-12-18(20)31-23(37)19-21(28)32-36-13-16(26)10-30-22(19)36/h15-22,29-30,32H,4-14,28H2,1-3H3,(H,31,37). The number of likely N-dealkylation sites (N-methyl/N-ethyl adjacent to an activating group) is 1. The quantitative estimate of drug-likeness (QED) is 0.276. The Labute approximate surface area is 224 Å². The molecular weight excluding hydrogens is 496 g/mol. The fourth-order valence-corrected chi connectivity index (χ4v) is 6.88. The van der Waals surface area contributed by atoms with Crippen LogP contribution in [0.1, 0.15) is 26.7 Å². The predicted molar refractivity (Wildman–Crippen MR) is 139 cm³/mol. The lowest BCUT2D eigenvalue weighted by Gasteiger charge is -2.48. The molecule has 38 heavy (non-hydrogen) atoms. The number of hydrogen-bond donors (Lipinski definition) is 5. The Bertz CT molecular complexity index is 874. The van der Waals surface area contributed by atoms with E-state index in [0.29, 0.717) is 32.5 Å². The van der Waals surface area contributed by atoms with Crippen LogP contribution in [-0.2, 0) is 9.59 Å². The summed E-state index contributed by atoms with van der Waals surface area (Å²) in [6.07, 6.45) is -1.88. The van der Waals surface area contributed by atoms with E-state index in [1.165, 1.54) is 0 Å². The summed E-state index contributed by atoms with van der Waals surface area (Å²) in [5, 5.41) is 10.9. The number of piperidine rings is 2. The number of hydrogen-bond acceptors (Lipinski definition) is 9. The van der Waals surface area contributed by atoms with Crippen molar-refractivity contribution in [3.05, 3.63) is 0 Å². The minimum absolute atomic E-state index is 0.0499. The number of carbonyl (C=O) groups excluding carboxylic acids is 2. The highest BCUT2D eigenvalue weighted by Gasteiger charge is 2.49. The minimum Gasteiger partial charge on any atom is -0.350 e. The van der Waals surface area contributed by atoms with Crippen molar-refractivity contribution in [3.63, 3.8) is 0 Å². The number of carbonyl (C=O) groups is 2. The number of amides is 2. The van der Waals surface area contributed by atoms with Crippen molar-refractivity contribution in [1.82, 2.24) is 41.1 Å². The van der Waals surface area contributed by atoms with E-state index in [9.17, 15) is 14.0 Å². The summed E-state index contributed by atoms with van der Waals surface area (Å²) in [5.41, 5.74) is 9.16. The number of alkyl halides is 2. The maximum Gasteiger partial charge on any atom is 0.229 e. The summed E-state index contributed by atoms with van der Waals surface area (Å²) in [4.78, 5) is 33.1. The van der Waals surface area contributed by atoms with Crippen molar-refractivity contribution in [2.75, 3.05) is 66.0 Å². The number of fused-ring (bicyclic) bond motifs is 1. The number of nitrogens with zero attached hydrogens (tertiary/aromatic N) is 4. The van der Waals surface area contributed by atoms with Gasteiger partial charge in [-0.15, -0.1) is 0 Å². The first kappa shape index (κ1) is 28.1. The van der Waals surface area contributed by atoms with E-state index in [1.807, 2.05) is 4.90 Å². The average Bonchev–Trinajstić information content (AvgIpc) is 3.20. The van der Waals surface area contributed by atoms with Crippen LogP contribution < -0.4 is 27.1 Å². The Morgan fingerprint density at radius 2 is 1.79 bits per heavy atom. The van der Waals surface area contributed by atoms with Crippen molar-refractivity contribution in [2.45, 2.75) is 69.0 Å². The van der Waals surface area contributed by atoms with Gasteiger partial charge >= 0.3 is 0 Å². The fraction of sp³-hybridized carbons (Fsp3) is 0.920. The van der Waals surface area contributed by atoms with E-state index in [2.05, 4.69) is 52.1 Å². The smallest absolute Gasteiger partial charge is 0.229 e.